The predicted molar refractivity (Wildman–Crippen MR) is 91.4 cm³/mol. The second-order valence-electron chi connectivity index (χ2n) is 5.73. The van der Waals surface area contributed by atoms with Crippen LogP contribution in [0.1, 0.15) is 36.6 Å². The quantitative estimate of drug-likeness (QED) is 0.700. The molecule has 4 rings (SSSR count). The van der Waals surface area contributed by atoms with E-state index >= 15 is 0 Å². The van der Waals surface area contributed by atoms with E-state index < -0.39 is 0 Å². The molecule has 3 amide bonds. The van der Waals surface area contributed by atoms with E-state index in [-0.39, 0.29) is 30.2 Å². The summed E-state index contributed by atoms with van der Waals surface area (Å²) in [4.78, 5) is 42.2. The van der Waals surface area contributed by atoms with Crippen molar-refractivity contribution in [1.82, 2.24) is 20.1 Å². The molecule has 0 spiro atoms. The third-order valence-electron chi connectivity index (χ3n) is 4.05. The Hall–Kier alpha value is -3.81. The molecule has 0 aliphatic carbocycles. The minimum atomic E-state index is -0.369. The van der Waals surface area contributed by atoms with Crippen molar-refractivity contribution in [3.8, 4) is 0 Å². The zero-order valence-electron chi connectivity index (χ0n) is 13.5. The first kappa shape index (κ1) is 15.7. The highest BCUT2D eigenvalue weighted by atomic mass is 16.2. The lowest BCUT2D eigenvalue weighted by Crippen LogP contribution is -2.29. The van der Waals surface area contributed by atoms with Gasteiger partial charge in [-0.05, 0) is 29.8 Å². The second-order valence-corrected chi connectivity index (χ2v) is 5.73. The van der Waals surface area contributed by atoms with Crippen LogP contribution in [0.3, 0.4) is 0 Å². The molecule has 26 heavy (non-hydrogen) atoms. The van der Waals surface area contributed by atoms with Gasteiger partial charge >= 0.3 is 0 Å². The lowest BCUT2D eigenvalue weighted by molar-refractivity contribution is 0.0642. The van der Waals surface area contributed by atoms with E-state index in [1.54, 1.807) is 48.5 Å². The number of carbonyl (C=O) groups is 3. The van der Waals surface area contributed by atoms with Crippen molar-refractivity contribution >= 4 is 23.7 Å². The average molecular weight is 347 g/mol. The van der Waals surface area contributed by atoms with Gasteiger partial charge in [0.15, 0.2) is 0 Å². The van der Waals surface area contributed by atoms with E-state index in [0.717, 1.165) is 0 Å². The van der Waals surface area contributed by atoms with Crippen LogP contribution in [0.5, 0.6) is 0 Å². The molecule has 2 heterocycles. The summed E-state index contributed by atoms with van der Waals surface area (Å²) in [6.07, 6.45) is 1.29. The third-order valence-corrected chi connectivity index (χ3v) is 4.05. The molecule has 8 heteroatoms. The minimum Gasteiger partial charge on any atom is -0.291 e. The van der Waals surface area contributed by atoms with Gasteiger partial charge in [-0.1, -0.05) is 24.3 Å². The summed E-state index contributed by atoms with van der Waals surface area (Å²) in [6.45, 7) is 0.0930. The van der Waals surface area contributed by atoms with E-state index in [9.17, 15) is 14.4 Å². The van der Waals surface area contributed by atoms with Crippen LogP contribution >= 0.6 is 0 Å². The highest BCUT2D eigenvalue weighted by Crippen LogP contribution is 2.24. The number of hydrogen-bond donors (Lipinski definition) is 2. The molecule has 8 nitrogen and oxygen atoms in total. The van der Waals surface area contributed by atoms with Gasteiger partial charge in [0.2, 0.25) is 5.95 Å². The maximum absolute atomic E-state index is 12.4. The summed E-state index contributed by atoms with van der Waals surface area (Å²) in [5.41, 5.74) is 1.86. The number of nitrogens with one attached hydrogen (secondary N) is 2. The molecule has 0 saturated carbocycles. The number of hydrogen-bond acceptors (Lipinski definition) is 5. The van der Waals surface area contributed by atoms with Crippen LogP contribution in [0.2, 0.25) is 0 Å². The number of H-pyrrole nitrogens is 1. The lowest BCUT2D eigenvalue weighted by atomic mass is 10.1. The number of benzene rings is 2. The van der Waals surface area contributed by atoms with Crippen LogP contribution in [0, 0.1) is 0 Å². The highest BCUT2D eigenvalue weighted by Gasteiger charge is 2.34. The molecule has 1 aliphatic rings. The topological polar surface area (TPSA) is 108 Å². The van der Waals surface area contributed by atoms with Crippen molar-refractivity contribution < 1.29 is 14.4 Å². The fourth-order valence-electron chi connectivity index (χ4n) is 2.82. The van der Waals surface area contributed by atoms with Crippen LogP contribution in [0.25, 0.3) is 0 Å². The van der Waals surface area contributed by atoms with Gasteiger partial charge in [-0.15, -0.1) is 0 Å². The summed E-state index contributed by atoms with van der Waals surface area (Å²) in [7, 11) is 0. The van der Waals surface area contributed by atoms with Crippen molar-refractivity contribution in [1.29, 1.82) is 0 Å². The summed E-state index contributed by atoms with van der Waals surface area (Å²) in [5, 5.41) is 8.78. The molecular formula is C18H13N5O3. The van der Waals surface area contributed by atoms with Crippen molar-refractivity contribution in [3.05, 3.63) is 77.1 Å². The van der Waals surface area contributed by atoms with E-state index in [2.05, 4.69) is 20.5 Å². The Labute approximate surface area is 147 Å². The van der Waals surface area contributed by atoms with Crippen molar-refractivity contribution in [2.75, 3.05) is 5.32 Å². The van der Waals surface area contributed by atoms with E-state index in [1.165, 1.54) is 11.2 Å². The fraction of sp³-hybridized carbons (Fsp3) is 0.0556. The summed E-state index contributed by atoms with van der Waals surface area (Å²) in [5.74, 6) is -0.795. The van der Waals surface area contributed by atoms with Gasteiger partial charge in [-0.2, -0.15) is 10.1 Å². The fourth-order valence-corrected chi connectivity index (χ4v) is 2.82. The number of anilines is 1. The maximum Gasteiger partial charge on any atom is 0.261 e. The van der Waals surface area contributed by atoms with Gasteiger partial charge in [0.1, 0.15) is 6.33 Å². The number of nitrogens with zero attached hydrogens (tertiary/aromatic N) is 3. The van der Waals surface area contributed by atoms with Gasteiger partial charge < -0.3 is 0 Å². The second kappa shape index (κ2) is 6.25. The Kier molecular flexibility index (Phi) is 3.77. The lowest BCUT2D eigenvalue weighted by Gasteiger charge is -2.14. The Bertz CT molecular complexity index is 978. The summed E-state index contributed by atoms with van der Waals surface area (Å²) in [6, 6.07) is 13.4. The largest absolute Gasteiger partial charge is 0.291 e. The predicted octanol–water partition coefficient (Wildman–Crippen LogP) is 1.85. The van der Waals surface area contributed by atoms with Crippen molar-refractivity contribution in [3.63, 3.8) is 0 Å². The molecule has 0 bridgehead atoms. The number of aromatic amines is 1. The standard InChI is InChI=1S/C18H13N5O3/c24-15(21-18-19-10-20-22-18)12-5-3-4-11(8-12)9-23-16(25)13-6-1-2-7-14(13)17(23)26/h1-8,10H,9H2,(H2,19,20,21,22,24). The van der Waals surface area contributed by atoms with Crippen LogP contribution in [0.4, 0.5) is 5.95 Å². The molecule has 0 saturated heterocycles. The van der Waals surface area contributed by atoms with Crippen LogP contribution < -0.4 is 5.32 Å². The molecule has 3 aromatic rings. The molecule has 0 unspecified atom stereocenters. The van der Waals surface area contributed by atoms with Gasteiger partial charge in [0.25, 0.3) is 17.7 Å². The van der Waals surface area contributed by atoms with Crippen molar-refractivity contribution in [2.45, 2.75) is 6.54 Å². The van der Waals surface area contributed by atoms with E-state index in [4.69, 9.17) is 0 Å². The number of aromatic nitrogens is 3. The average Bonchev–Trinajstić information content (AvgIpc) is 3.25. The van der Waals surface area contributed by atoms with Gasteiger partial charge in [-0.3, -0.25) is 24.6 Å². The van der Waals surface area contributed by atoms with E-state index in [0.29, 0.717) is 22.3 Å². The zero-order chi connectivity index (χ0) is 18.1. The van der Waals surface area contributed by atoms with Crippen LogP contribution in [-0.4, -0.2) is 37.8 Å². The number of fused-ring (bicyclic) bond motifs is 1. The first-order chi connectivity index (χ1) is 12.6. The molecule has 0 fully saturated rings. The smallest absolute Gasteiger partial charge is 0.261 e. The molecule has 0 radical (unpaired) electrons. The van der Waals surface area contributed by atoms with Crippen molar-refractivity contribution in [2.24, 2.45) is 0 Å². The molecule has 1 aliphatic heterocycles. The van der Waals surface area contributed by atoms with Crippen LogP contribution in [0.15, 0.2) is 54.9 Å². The molecule has 1 aromatic heterocycles. The Balaban J connectivity index is 1.54. The minimum absolute atomic E-state index is 0.0930. The SMILES string of the molecule is O=C(Nc1ncn[nH]1)c1cccc(CN2C(=O)c3ccccc3C2=O)c1. The Morgan fingerprint density at radius 3 is 2.42 bits per heavy atom. The number of rotatable bonds is 4. The highest BCUT2D eigenvalue weighted by molar-refractivity contribution is 6.21. The Morgan fingerprint density at radius 1 is 1.04 bits per heavy atom. The monoisotopic (exact) mass is 347 g/mol. The molecule has 2 N–H and O–H groups in total. The summed E-state index contributed by atoms with van der Waals surface area (Å²) >= 11 is 0. The number of amides is 3. The van der Waals surface area contributed by atoms with Gasteiger partial charge in [0, 0.05) is 5.56 Å². The summed E-state index contributed by atoms with van der Waals surface area (Å²) < 4.78 is 0. The number of carbonyl (C=O) groups excluding carboxylic acids is 3. The third kappa shape index (κ3) is 2.73. The normalized spacial score (nSPS) is 13.0. The maximum atomic E-state index is 12.4. The van der Waals surface area contributed by atoms with E-state index in [1.807, 2.05) is 0 Å². The zero-order valence-corrected chi connectivity index (χ0v) is 13.5. The molecule has 128 valence electrons. The number of imide groups is 1. The Morgan fingerprint density at radius 2 is 1.77 bits per heavy atom. The first-order valence-electron chi connectivity index (χ1n) is 7.84. The molecular weight excluding hydrogens is 334 g/mol. The molecule has 0 atom stereocenters. The van der Waals surface area contributed by atoms with Gasteiger partial charge in [0.05, 0.1) is 17.7 Å². The first-order valence-corrected chi connectivity index (χ1v) is 7.84. The van der Waals surface area contributed by atoms with Gasteiger partial charge in [-0.25, -0.2) is 5.10 Å². The molecule has 2 aromatic carbocycles. The van der Waals surface area contributed by atoms with Crippen LogP contribution in [-0.2, 0) is 6.54 Å².